The number of hydrogen-bond donors (Lipinski definition) is 1. The van der Waals surface area contributed by atoms with Gasteiger partial charge in [0, 0.05) is 18.6 Å². The summed E-state index contributed by atoms with van der Waals surface area (Å²) >= 11 is 0. The molecule has 1 aromatic carbocycles. The minimum Gasteiger partial charge on any atom is -0.308 e. The highest BCUT2D eigenvalue weighted by Gasteiger charge is 2.24. The molecule has 0 aliphatic heterocycles. The zero-order valence-corrected chi connectivity index (χ0v) is 12.4. The second-order valence-electron chi connectivity index (χ2n) is 6.12. The van der Waals surface area contributed by atoms with Gasteiger partial charge in [0.1, 0.15) is 5.82 Å². The molecule has 0 saturated carbocycles. The molecule has 0 bridgehead atoms. The first-order valence-electron chi connectivity index (χ1n) is 7.17. The molecule has 0 fully saturated rings. The van der Waals surface area contributed by atoms with Gasteiger partial charge in [0.15, 0.2) is 0 Å². The molecule has 1 aliphatic carbocycles. The molecule has 2 nitrogen and oxygen atoms in total. The van der Waals surface area contributed by atoms with Gasteiger partial charge < -0.3 is 10.2 Å². The highest BCUT2D eigenvalue weighted by atomic mass is 19.1. The Morgan fingerprint density at radius 1 is 1.37 bits per heavy atom. The lowest BCUT2D eigenvalue weighted by atomic mass is 10.0. The van der Waals surface area contributed by atoms with Crippen molar-refractivity contribution in [2.75, 3.05) is 20.6 Å². The molecule has 0 heterocycles. The van der Waals surface area contributed by atoms with Gasteiger partial charge in [-0.1, -0.05) is 19.9 Å². The molecule has 1 aromatic rings. The van der Waals surface area contributed by atoms with Gasteiger partial charge in [-0.3, -0.25) is 0 Å². The van der Waals surface area contributed by atoms with Crippen LogP contribution in [0.4, 0.5) is 4.39 Å². The quantitative estimate of drug-likeness (QED) is 0.879. The fourth-order valence-corrected chi connectivity index (χ4v) is 3.08. The first kappa shape index (κ1) is 14.5. The van der Waals surface area contributed by atoms with Gasteiger partial charge in [0.05, 0.1) is 0 Å². The van der Waals surface area contributed by atoms with Crippen LogP contribution in [0, 0.1) is 11.7 Å². The van der Waals surface area contributed by atoms with E-state index in [2.05, 4.69) is 38.2 Å². The van der Waals surface area contributed by atoms with Crippen molar-refractivity contribution < 1.29 is 4.39 Å². The SMILES string of the molecule is CC(C)C(CNC1CCc2cc(F)ccc21)N(C)C. The lowest BCUT2D eigenvalue weighted by molar-refractivity contribution is 0.218. The van der Waals surface area contributed by atoms with E-state index in [1.165, 1.54) is 11.1 Å². The minimum absolute atomic E-state index is 0.118. The molecule has 0 spiro atoms. The van der Waals surface area contributed by atoms with E-state index in [-0.39, 0.29) is 5.82 Å². The molecule has 1 aliphatic rings. The van der Waals surface area contributed by atoms with E-state index in [9.17, 15) is 4.39 Å². The maximum absolute atomic E-state index is 13.2. The van der Waals surface area contributed by atoms with Gasteiger partial charge in [-0.25, -0.2) is 4.39 Å². The third kappa shape index (κ3) is 3.34. The fraction of sp³-hybridized carbons (Fsp3) is 0.625. The third-order valence-corrected chi connectivity index (χ3v) is 4.19. The van der Waals surface area contributed by atoms with Gasteiger partial charge in [0.2, 0.25) is 0 Å². The lowest BCUT2D eigenvalue weighted by Gasteiger charge is -2.29. The molecular weight excluding hydrogens is 239 g/mol. The summed E-state index contributed by atoms with van der Waals surface area (Å²) in [4.78, 5) is 2.28. The Labute approximate surface area is 116 Å². The predicted molar refractivity (Wildman–Crippen MR) is 77.8 cm³/mol. The Bertz CT molecular complexity index is 421. The van der Waals surface area contributed by atoms with Gasteiger partial charge in [-0.2, -0.15) is 0 Å². The van der Waals surface area contributed by atoms with Crippen molar-refractivity contribution in [3.63, 3.8) is 0 Å². The summed E-state index contributed by atoms with van der Waals surface area (Å²) in [5, 5.41) is 3.66. The van der Waals surface area contributed by atoms with Gasteiger partial charge in [-0.05, 0) is 56.1 Å². The molecule has 106 valence electrons. The first-order chi connectivity index (χ1) is 8.99. The normalized spacial score (nSPS) is 20.1. The zero-order chi connectivity index (χ0) is 14.0. The van der Waals surface area contributed by atoms with Crippen molar-refractivity contribution in [2.45, 2.75) is 38.8 Å². The molecule has 3 heteroatoms. The van der Waals surface area contributed by atoms with Crippen LogP contribution in [0.5, 0.6) is 0 Å². The number of aryl methyl sites for hydroxylation is 1. The van der Waals surface area contributed by atoms with E-state index < -0.39 is 0 Å². The van der Waals surface area contributed by atoms with Crippen LogP contribution in [0.1, 0.15) is 37.4 Å². The molecule has 2 atom stereocenters. The van der Waals surface area contributed by atoms with Crippen LogP contribution in [0.15, 0.2) is 18.2 Å². The number of nitrogens with one attached hydrogen (secondary N) is 1. The standard InChI is InChI=1S/C16H25FN2/c1-11(2)16(19(3)4)10-18-15-8-5-12-9-13(17)6-7-14(12)15/h6-7,9,11,15-16,18H,5,8,10H2,1-4H3. The summed E-state index contributed by atoms with van der Waals surface area (Å²) in [5.74, 6) is 0.504. The molecule has 2 rings (SSSR count). The molecule has 0 radical (unpaired) electrons. The summed E-state index contributed by atoms with van der Waals surface area (Å²) in [6.07, 6.45) is 2.07. The molecule has 19 heavy (non-hydrogen) atoms. The molecule has 0 saturated heterocycles. The van der Waals surface area contributed by atoms with Crippen LogP contribution < -0.4 is 5.32 Å². The second kappa shape index (κ2) is 6.02. The van der Waals surface area contributed by atoms with E-state index in [0.29, 0.717) is 18.0 Å². The van der Waals surface area contributed by atoms with E-state index >= 15 is 0 Å². The highest BCUT2D eigenvalue weighted by molar-refractivity contribution is 5.34. The zero-order valence-electron chi connectivity index (χ0n) is 12.4. The summed E-state index contributed by atoms with van der Waals surface area (Å²) in [6.45, 7) is 5.49. The first-order valence-corrected chi connectivity index (χ1v) is 7.17. The Hall–Kier alpha value is -0.930. The van der Waals surface area contributed by atoms with Crippen LogP contribution in [0.25, 0.3) is 0 Å². The topological polar surface area (TPSA) is 15.3 Å². The molecule has 2 unspecified atom stereocenters. The maximum atomic E-state index is 13.2. The maximum Gasteiger partial charge on any atom is 0.123 e. The van der Waals surface area contributed by atoms with Crippen molar-refractivity contribution in [1.29, 1.82) is 0 Å². The van der Waals surface area contributed by atoms with Gasteiger partial charge in [0.25, 0.3) is 0 Å². The number of benzene rings is 1. The largest absolute Gasteiger partial charge is 0.308 e. The van der Waals surface area contributed by atoms with Crippen LogP contribution in [-0.4, -0.2) is 31.6 Å². The Morgan fingerprint density at radius 3 is 2.74 bits per heavy atom. The van der Waals surface area contributed by atoms with E-state index in [1.54, 1.807) is 12.1 Å². The minimum atomic E-state index is -0.118. The van der Waals surface area contributed by atoms with Crippen molar-refractivity contribution in [3.8, 4) is 0 Å². The molecule has 1 N–H and O–H groups in total. The third-order valence-electron chi connectivity index (χ3n) is 4.19. The molecule has 0 amide bonds. The predicted octanol–water partition coefficient (Wildman–Crippen LogP) is 2.99. The Kier molecular flexibility index (Phi) is 4.58. The van der Waals surface area contributed by atoms with Crippen molar-refractivity contribution in [2.24, 2.45) is 5.92 Å². The smallest absolute Gasteiger partial charge is 0.123 e. The second-order valence-corrected chi connectivity index (χ2v) is 6.12. The average molecular weight is 264 g/mol. The summed E-state index contributed by atoms with van der Waals surface area (Å²) in [7, 11) is 4.26. The summed E-state index contributed by atoms with van der Waals surface area (Å²) < 4.78 is 13.2. The summed E-state index contributed by atoms with van der Waals surface area (Å²) in [6, 6.07) is 6.12. The molecular formula is C16H25FN2. The van der Waals surface area contributed by atoms with E-state index in [4.69, 9.17) is 0 Å². The monoisotopic (exact) mass is 264 g/mol. The van der Waals surface area contributed by atoms with Crippen molar-refractivity contribution in [3.05, 3.63) is 35.1 Å². The molecule has 0 aromatic heterocycles. The number of rotatable bonds is 5. The van der Waals surface area contributed by atoms with Crippen LogP contribution >= 0.6 is 0 Å². The van der Waals surface area contributed by atoms with Crippen LogP contribution in [-0.2, 0) is 6.42 Å². The number of hydrogen-bond acceptors (Lipinski definition) is 2. The number of halogens is 1. The van der Waals surface area contributed by atoms with Crippen LogP contribution in [0.3, 0.4) is 0 Å². The number of fused-ring (bicyclic) bond motifs is 1. The Morgan fingerprint density at radius 2 is 2.11 bits per heavy atom. The van der Waals surface area contributed by atoms with Crippen molar-refractivity contribution in [1.82, 2.24) is 10.2 Å². The fourth-order valence-electron chi connectivity index (χ4n) is 3.08. The van der Waals surface area contributed by atoms with E-state index in [1.807, 2.05) is 6.07 Å². The summed E-state index contributed by atoms with van der Waals surface area (Å²) in [5.41, 5.74) is 2.45. The van der Waals surface area contributed by atoms with Crippen molar-refractivity contribution >= 4 is 0 Å². The lowest BCUT2D eigenvalue weighted by Crippen LogP contribution is -2.42. The van der Waals surface area contributed by atoms with E-state index in [0.717, 1.165) is 19.4 Å². The average Bonchev–Trinajstić information content (AvgIpc) is 2.71. The number of nitrogens with zero attached hydrogens (tertiary/aromatic N) is 1. The van der Waals surface area contributed by atoms with Crippen LogP contribution in [0.2, 0.25) is 0 Å². The Balaban J connectivity index is 1.99. The van der Waals surface area contributed by atoms with Gasteiger partial charge in [-0.15, -0.1) is 0 Å². The number of likely N-dealkylation sites (N-methyl/N-ethyl adjacent to an activating group) is 1. The van der Waals surface area contributed by atoms with Gasteiger partial charge >= 0.3 is 0 Å². The highest BCUT2D eigenvalue weighted by Crippen LogP contribution is 2.31.